The van der Waals surface area contributed by atoms with Crippen LogP contribution in [0, 0.1) is 34.5 Å². The number of carbonyl (C=O) groups is 1. The van der Waals surface area contributed by atoms with Crippen LogP contribution in [-0.2, 0) is 110 Å². The van der Waals surface area contributed by atoms with Gasteiger partial charge in [0.15, 0.2) is 37.6 Å². The largest absolute Gasteiger partial charge is 0.479 e. The fourth-order valence-electron chi connectivity index (χ4n) is 8.77. The zero-order valence-corrected chi connectivity index (χ0v) is 42.7. The van der Waals surface area contributed by atoms with Crippen molar-refractivity contribution >= 4 is 47.6 Å². The number of hydrogen-bond acceptors (Lipinski definition) is 30. The Balaban J connectivity index is 1.38. The smallest absolute Gasteiger partial charge is 0.397 e. The topological polar surface area (TPSA) is 515 Å². The lowest BCUT2D eigenvalue weighted by molar-refractivity contribution is -0.375. The number of methoxy groups -OCH3 is 1. The van der Waals surface area contributed by atoms with Gasteiger partial charge in [-0.3, -0.25) is 18.2 Å². The van der Waals surface area contributed by atoms with Crippen LogP contribution in [0.3, 0.4) is 0 Å². The van der Waals surface area contributed by atoms with Gasteiger partial charge in [-0.15, -0.1) is 4.91 Å². The molecule has 74 heavy (non-hydrogen) atoms. The first kappa shape index (κ1) is 62.8. The minimum Gasteiger partial charge on any atom is -0.479 e. The molecule has 5 aliphatic rings. The lowest BCUT2D eigenvalue weighted by atomic mass is 9.84. The van der Waals surface area contributed by atoms with Crippen LogP contribution in [0.4, 0.5) is 0 Å². The number of hydrogen-bond donors (Lipinski definition) is 10. The number of rotatable bonds is 22. The molecular weight excluding hydrogens is 1110 g/mol. The van der Waals surface area contributed by atoms with E-state index in [0.717, 1.165) is 0 Å². The molecular formula is C35H59NO34S4. The molecule has 0 aromatic heterocycles. The van der Waals surface area contributed by atoms with Crippen LogP contribution in [0.15, 0.2) is 5.18 Å². The molecule has 10 N–H and O–H groups in total. The van der Waals surface area contributed by atoms with Gasteiger partial charge in [0.2, 0.25) is 6.23 Å². The molecule has 25 atom stereocenters. The van der Waals surface area contributed by atoms with Crippen LogP contribution in [0.1, 0.15) is 34.6 Å². The monoisotopic (exact) mass is 1170 g/mol. The molecule has 5 rings (SSSR count). The minimum absolute atomic E-state index is 0.983. The predicted octanol–water partition coefficient (Wildman–Crippen LogP) is -4.76. The van der Waals surface area contributed by atoms with Crippen LogP contribution in [0.25, 0.3) is 0 Å². The molecule has 0 bridgehead atoms. The van der Waals surface area contributed by atoms with E-state index in [1.54, 1.807) is 0 Å². The van der Waals surface area contributed by atoms with Crippen molar-refractivity contribution in [1.82, 2.24) is 0 Å². The van der Waals surface area contributed by atoms with E-state index in [2.05, 4.69) is 17.7 Å². The molecule has 432 valence electrons. The Morgan fingerprint density at radius 2 is 0.919 bits per heavy atom. The molecule has 0 aromatic carbocycles. The Hall–Kier alpha value is -2.05. The maximum Gasteiger partial charge on any atom is 0.397 e. The molecule has 5 saturated heterocycles. The van der Waals surface area contributed by atoms with Crippen molar-refractivity contribution in [3.8, 4) is 0 Å². The van der Waals surface area contributed by atoms with Gasteiger partial charge >= 0.3 is 47.6 Å². The number of aliphatic hydroxyl groups excluding tert-OH is 5. The summed E-state index contributed by atoms with van der Waals surface area (Å²) in [4.78, 5) is 25.1. The number of carboxylic acid groups (broad SMARTS) is 1. The minimum atomic E-state index is -5.48. The second-order valence-electron chi connectivity index (χ2n) is 17.9. The van der Waals surface area contributed by atoms with Gasteiger partial charge in [0, 0.05) is 30.8 Å². The summed E-state index contributed by atoms with van der Waals surface area (Å²) in [5.74, 6) is -7.72. The summed E-state index contributed by atoms with van der Waals surface area (Å²) < 4.78 is 206. The van der Waals surface area contributed by atoms with Crippen molar-refractivity contribution in [3.63, 3.8) is 0 Å². The summed E-state index contributed by atoms with van der Waals surface area (Å²) in [5, 5.41) is 68.0. The number of aliphatic hydroxyl groups is 5. The van der Waals surface area contributed by atoms with Crippen molar-refractivity contribution in [2.45, 2.75) is 158 Å². The first-order valence-electron chi connectivity index (χ1n) is 21.9. The summed E-state index contributed by atoms with van der Waals surface area (Å²) in [6, 6.07) is 0. The van der Waals surface area contributed by atoms with Gasteiger partial charge in [0.25, 0.3) is 0 Å². The molecule has 35 nitrogen and oxygen atoms in total. The first-order chi connectivity index (χ1) is 34.1. The van der Waals surface area contributed by atoms with Crippen molar-refractivity contribution < 1.29 is 151 Å². The molecule has 5 heterocycles. The van der Waals surface area contributed by atoms with E-state index >= 15 is 0 Å². The molecule has 0 radical (unpaired) electrons. The average molecular weight is 1170 g/mol. The van der Waals surface area contributed by atoms with Crippen molar-refractivity contribution in [2.24, 2.45) is 34.8 Å². The quantitative estimate of drug-likeness (QED) is 0.0359. The summed E-state index contributed by atoms with van der Waals surface area (Å²) in [7, 11) is -19.8. The van der Waals surface area contributed by atoms with Gasteiger partial charge in [0.05, 0.1) is 38.1 Å². The van der Waals surface area contributed by atoms with Crippen molar-refractivity contribution in [2.75, 3.05) is 26.9 Å². The van der Waals surface area contributed by atoms with E-state index in [1.165, 1.54) is 41.7 Å². The molecule has 39 heteroatoms. The molecule has 5 aliphatic heterocycles. The maximum absolute atomic E-state index is 12.6. The number of ether oxygens (including phenoxy) is 10. The zero-order valence-electron chi connectivity index (χ0n) is 39.4. The van der Waals surface area contributed by atoms with E-state index < -0.39 is 220 Å². The second kappa shape index (κ2) is 25.0. The highest BCUT2D eigenvalue weighted by Gasteiger charge is 2.57. The molecule has 10 unspecified atom stereocenters. The predicted molar refractivity (Wildman–Crippen MR) is 228 cm³/mol. The fourth-order valence-corrected chi connectivity index (χ4v) is 10.2. The van der Waals surface area contributed by atoms with Gasteiger partial charge in [-0.25, -0.2) is 21.5 Å². The fraction of sp³-hybridized carbons (Fsp3) is 0.971. The third-order valence-corrected chi connectivity index (χ3v) is 14.7. The third kappa shape index (κ3) is 15.8. The molecule has 0 spiro atoms. The van der Waals surface area contributed by atoms with E-state index in [-0.39, 0.29) is 0 Å². The van der Waals surface area contributed by atoms with E-state index in [9.17, 15) is 87.7 Å². The van der Waals surface area contributed by atoms with Crippen LogP contribution in [-0.4, -0.2) is 239 Å². The van der Waals surface area contributed by atoms with Crippen LogP contribution >= 0.6 is 0 Å². The molecule has 5 fully saturated rings. The van der Waals surface area contributed by atoms with Crippen molar-refractivity contribution in [1.29, 1.82) is 0 Å². The lowest BCUT2D eigenvalue weighted by Gasteiger charge is -2.50. The molecule has 0 aromatic rings. The van der Waals surface area contributed by atoms with Crippen LogP contribution in [0.5, 0.6) is 0 Å². The number of carboxylic acids is 1. The highest BCUT2D eigenvalue weighted by atomic mass is 32.3. The van der Waals surface area contributed by atoms with Crippen LogP contribution < -0.4 is 0 Å². The lowest BCUT2D eigenvalue weighted by Crippen LogP contribution is -2.65. The Morgan fingerprint density at radius 1 is 0.459 bits per heavy atom. The number of nitroso groups, excluding NO2 is 1. The van der Waals surface area contributed by atoms with Crippen molar-refractivity contribution in [3.05, 3.63) is 4.91 Å². The highest BCUT2D eigenvalue weighted by molar-refractivity contribution is 7.81. The first-order valence-corrected chi connectivity index (χ1v) is 27.4. The van der Waals surface area contributed by atoms with Crippen LogP contribution in [0.2, 0.25) is 0 Å². The Labute approximate surface area is 422 Å². The highest BCUT2D eigenvalue weighted by Crippen LogP contribution is 2.42. The number of nitrogens with zero attached hydrogens (tertiary/aromatic N) is 1. The second-order valence-corrected chi connectivity index (χ2v) is 22.2. The summed E-state index contributed by atoms with van der Waals surface area (Å²) >= 11 is 0. The van der Waals surface area contributed by atoms with E-state index in [4.69, 9.17) is 56.1 Å². The molecule has 0 amide bonds. The van der Waals surface area contributed by atoms with E-state index in [0.29, 0.717) is 0 Å². The van der Waals surface area contributed by atoms with Gasteiger partial charge in [0.1, 0.15) is 61.0 Å². The Morgan fingerprint density at radius 3 is 1.43 bits per heavy atom. The van der Waals surface area contributed by atoms with Gasteiger partial charge in [-0.1, -0.05) is 34.6 Å². The van der Waals surface area contributed by atoms with Gasteiger partial charge in [-0.2, -0.15) is 33.7 Å². The zero-order chi connectivity index (χ0) is 55.7. The summed E-state index contributed by atoms with van der Waals surface area (Å²) in [6.45, 7) is 3.37. The summed E-state index contributed by atoms with van der Waals surface area (Å²) in [6.07, 6.45) is -37.6. The molecule has 0 saturated carbocycles. The Kier molecular flexibility index (Phi) is 21.2. The summed E-state index contributed by atoms with van der Waals surface area (Å²) in [5.41, 5.74) is 0. The molecule has 0 aliphatic carbocycles. The van der Waals surface area contributed by atoms with Gasteiger partial charge in [-0.05, 0) is 11.1 Å². The SMILES string of the molecule is CO[C@H]1OC(COS(=O)(=O)O)[C@@H](O[C@@H]2O[C@@H](N=O)[C@@H](O[C@H]3OC(COS(=O)(=O)O)[C@@H](O[C@@H]4OC(C(=O)O)[C@@H](O[C@H]5OC(COS(=O)(=O)O)[C@@H](O)[C@H](O)C5C)[C@H](O)C4O)[C@H](C)C3C)C(C)C2OS(=O)(=O)O)[C@H](O)C1C. The maximum atomic E-state index is 12.6. The number of aliphatic carboxylic acids is 1. The Bertz CT molecular complexity index is 2350. The van der Waals surface area contributed by atoms with E-state index in [1.807, 2.05) is 0 Å². The normalized spacial score (nSPS) is 43.9. The third-order valence-electron chi connectivity index (χ3n) is 13.0. The standard InChI is InChI=1S/C35H59NO34S4/c1-10-11(2)32(65-24-14(5)25(70-74(54,55)56)35(69-29(24)36-44)66-26-17(9-60-73(51,52)53)62-31(57-6)13(4)19(26)38)63-16(8-59-72(48,49)50)23(10)64-34-22(41)21(40)27(28(68-34)30(42)43)67-33-12(3)18(37)20(39)15(61-33)7-58-71(45,46)47/h10-29,31-35,37-41H,7-9H2,1-6H3,(H,42,43)(H,45,46,47)(H,48,49,50)(H,51,52,53)(H,54,55,56)/t10-,11?,12?,13?,14?,15?,16?,17?,18-,19-,20-,21-,22?,23+,24+,25?,26-,27+,28?,29-,31+,32-,33-,34-,35-/m1/s1. The average Bonchev–Trinajstić information content (AvgIpc) is 3.29. The van der Waals surface area contributed by atoms with Gasteiger partial charge < -0.3 is 78.0 Å².